The zero-order valence-corrected chi connectivity index (χ0v) is 14.7. The van der Waals surface area contributed by atoms with E-state index in [4.69, 9.17) is 4.74 Å². The zero-order chi connectivity index (χ0) is 18.1. The molecule has 0 fully saturated rings. The largest absolute Gasteiger partial charge is 0.479 e. The lowest BCUT2D eigenvalue weighted by Gasteiger charge is -2.30. The summed E-state index contributed by atoms with van der Waals surface area (Å²) >= 11 is 0. The number of rotatable bonds is 3. The number of fused-ring (bicyclic) bond motifs is 1. The summed E-state index contributed by atoms with van der Waals surface area (Å²) in [6.45, 7) is 1.72. The zero-order valence-electron chi connectivity index (χ0n) is 14.7. The van der Waals surface area contributed by atoms with E-state index in [1.165, 1.54) is 0 Å². The fourth-order valence-corrected chi connectivity index (χ4v) is 2.70. The van der Waals surface area contributed by atoms with E-state index in [1.54, 1.807) is 49.2 Å². The third-order valence-corrected chi connectivity index (χ3v) is 4.21. The SMILES string of the molecule is CC1Oc2ccc(NC(=O)c3ccc(N(C)C)cc3)cc2N(C)C1=O. The smallest absolute Gasteiger partial charge is 0.267 e. The highest BCUT2D eigenvalue weighted by molar-refractivity contribution is 6.05. The summed E-state index contributed by atoms with van der Waals surface area (Å²) in [5.74, 6) is 0.308. The predicted molar refractivity (Wildman–Crippen MR) is 98.7 cm³/mol. The Kier molecular flexibility index (Phi) is 4.35. The van der Waals surface area contributed by atoms with Crippen molar-refractivity contribution in [2.24, 2.45) is 0 Å². The molecule has 1 heterocycles. The molecule has 0 spiro atoms. The Morgan fingerprint density at radius 2 is 1.84 bits per heavy atom. The van der Waals surface area contributed by atoms with Crippen LogP contribution in [-0.2, 0) is 4.79 Å². The number of carbonyl (C=O) groups is 2. The maximum absolute atomic E-state index is 12.4. The van der Waals surface area contributed by atoms with Gasteiger partial charge in [0.15, 0.2) is 6.10 Å². The van der Waals surface area contributed by atoms with E-state index in [0.717, 1.165) is 5.69 Å². The second-order valence-corrected chi connectivity index (χ2v) is 6.24. The predicted octanol–water partition coefficient (Wildman–Crippen LogP) is 2.75. The van der Waals surface area contributed by atoms with Crippen LogP contribution in [-0.4, -0.2) is 39.1 Å². The van der Waals surface area contributed by atoms with E-state index in [0.29, 0.717) is 22.7 Å². The molecule has 0 saturated heterocycles. The highest BCUT2D eigenvalue weighted by atomic mass is 16.5. The first-order valence-corrected chi connectivity index (χ1v) is 8.04. The van der Waals surface area contributed by atoms with Crippen LogP contribution in [0.25, 0.3) is 0 Å². The topological polar surface area (TPSA) is 61.9 Å². The van der Waals surface area contributed by atoms with Crippen LogP contribution in [0.4, 0.5) is 17.1 Å². The van der Waals surface area contributed by atoms with Gasteiger partial charge in [-0.3, -0.25) is 9.59 Å². The molecule has 6 heteroatoms. The van der Waals surface area contributed by atoms with Gasteiger partial charge in [0.25, 0.3) is 11.8 Å². The van der Waals surface area contributed by atoms with Gasteiger partial charge in [0.2, 0.25) is 0 Å². The summed E-state index contributed by atoms with van der Waals surface area (Å²) < 4.78 is 5.59. The molecule has 1 atom stereocenters. The van der Waals surface area contributed by atoms with Crippen molar-refractivity contribution in [3.05, 3.63) is 48.0 Å². The number of nitrogens with one attached hydrogen (secondary N) is 1. The molecule has 25 heavy (non-hydrogen) atoms. The van der Waals surface area contributed by atoms with Crippen LogP contribution in [0, 0.1) is 0 Å². The van der Waals surface area contributed by atoms with E-state index >= 15 is 0 Å². The fourth-order valence-electron chi connectivity index (χ4n) is 2.70. The molecular weight excluding hydrogens is 318 g/mol. The van der Waals surface area contributed by atoms with Crippen molar-refractivity contribution in [2.45, 2.75) is 13.0 Å². The van der Waals surface area contributed by atoms with Crippen LogP contribution in [0.2, 0.25) is 0 Å². The van der Waals surface area contributed by atoms with Crippen molar-refractivity contribution in [1.82, 2.24) is 0 Å². The third-order valence-electron chi connectivity index (χ3n) is 4.21. The first-order chi connectivity index (χ1) is 11.9. The number of benzene rings is 2. The standard InChI is InChI=1S/C19H21N3O3/c1-12-19(24)22(4)16-11-14(7-10-17(16)25-12)20-18(23)13-5-8-15(9-6-13)21(2)3/h5-12H,1-4H3,(H,20,23). The Morgan fingerprint density at radius 3 is 2.48 bits per heavy atom. The third kappa shape index (κ3) is 3.28. The molecule has 0 saturated carbocycles. The van der Waals surface area contributed by atoms with E-state index in [-0.39, 0.29) is 11.8 Å². The van der Waals surface area contributed by atoms with Crippen molar-refractivity contribution in [3.63, 3.8) is 0 Å². The van der Waals surface area contributed by atoms with Gasteiger partial charge >= 0.3 is 0 Å². The van der Waals surface area contributed by atoms with Crippen LogP contribution in [0.5, 0.6) is 5.75 Å². The maximum Gasteiger partial charge on any atom is 0.267 e. The Hall–Kier alpha value is -3.02. The lowest BCUT2D eigenvalue weighted by atomic mass is 10.1. The molecule has 2 aromatic carbocycles. The van der Waals surface area contributed by atoms with Gasteiger partial charge in [-0.2, -0.15) is 0 Å². The van der Waals surface area contributed by atoms with Crippen LogP contribution in [0.1, 0.15) is 17.3 Å². The van der Waals surface area contributed by atoms with Crippen LogP contribution in [0.15, 0.2) is 42.5 Å². The van der Waals surface area contributed by atoms with E-state index in [2.05, 4.69) is 5.32 Å². The van der Waals surface area contributed by atoms with Gasteiger partial charge in [-0.1, -0.05) is 0 Å². The molecule has 0 aromatic heterocycles. The fraction of sp³-hybridized carbons (Fsp3) is 0.263. The van der Waals surface area contributed by atoms with Crippen molar-refractivity contribution in [3.8, 4) is 5.75 Å². The van der Waals surface area contributed by atoms with Gasteiger partial charge in [-0.25, -0.2) is 0 Å². The molecule has 1 aliphatic rings. The number of hydrogen-bond donors (Lipinski definition) is 1. The number of likely N-dealkylation sites (N-methyl/N-ethyl adjacent to an activating group) is 1. The number of hydrogen-bond acceptors (Lipinski definition) is 4. The molecule has 2 aromatic rings. The van der Waals surface area contributed by atoms with Crippen molar-refractivity contribution in [2.75, 3.05) is 36.3 Å². The molecule has 1 N–H and O–H groups in total. The lowest BCUT2D eigenvalue weighted by Crippen LogP contribution is -2.41. The van der Waals surface area contributed by atoms with E-state index in [1.807, 2.05) is 31.1 Å². The monoisotopic (exact) mass is 339 g/mol. The average molecular weight is 339 g/mol. The summed E-state index contributed by atoms with van der Waals surface area (Å²) in [6, 6.07) is 12.6. The molecule has 1 aliphatic heterocycles. The summed E-state index contributed by atoms with van der Waals surface area (Å²) in [5.41, 5.74) is 2.84. The Balaban J connectivity index is 1.79. The average Bonchev–Trinajstić information content (AvgIpc) is 2.60. The molecule has 0 radical (unpaired) electrons. The Morgan fingerprint density at radius 1 is 1.16 bits per heavy atom. The summed E-state index contributed by atoms with van der Waals surface area (Å²) in [6.07, 6.45) is -0.506. The van der Waals surface area contributed by atoms with E-state index < -0.39 is 6.10 Å². The quantitative estimate of drug-likeness (QED) is 0.934. The minimum atomic E-state index is -0.506. The van der Waals surface area contributed by atoms with Crippen molar-refractivity contribution < 1.29 is 14.3 Å². The number of amides is 2. The second kappa shape index (κ2) is 6.47. The summed E-state index contributed by atoms with van der Waals surface area (Å²) in [4.78, 5) is 28.0. The minimum absolute atomic E-state index is 0.116. The minimum Gasteiger partial charge on any atom is -0.479 e. The molecule has 0 aliphatic carbocycles. The van der Waals surface area contributed by atoms with Crippen LogP contribution < -0.4 is 19.9 Å². The van der Waals surface area contributed by atoms with Crippen molar-refractivity contribution >= 4 is 28.9 Å². The molecule has 130 valence electrons. The summed E-state index contributed by atoms with van der Waals surface area (Å²) in [7, 11) is 5.59. The molecule has 6 nitrogen and oxygen atoms in total. The number of nitrogens with zero attached hydrogens (tertiary/aromatic N) is 2. The van der Waals surface area contributed by atoms with Gasteiger partial charge in [0.05, 0.1) is 5.69 Å². The van der Waals surface area contributed by atoms with Gasteiger partial charge in [-0.15, -0.1) is 0 Å². The Labute approximate surface area is 147 Å². The van der Waals surface area contributed by atoms with E-state index in [9.17, 15) is 9.59 Å². The molecule has 0 bridgehead atoms. The van der Waals surface area contributed by atoms with Gasteiger partial charge in [-0.05, 0) is 49.4 Å². The van der Waals surface area contributed by atoms with Gasteiger partial charge in [0.1, 0.15) is 5.75 Å². The lowest BCUT2D eigenvalue weighted by molar-refractivity contribution is -0.125. The summed E-state index contributed by atoms with van der Waals surface area (Å²) in [5, 5.41) is 2.86. The normalized spacial score (nSPS) is 16.1. The molecule has 2 amide bonds. The molecule has 1 unspecified atom stereocenters. The second-order valence-electron chi connectivity index (χ2n) is 6.24. The first kappa shape index (κ1) is 16.8. The van der Waals surface area contributed by atoms with Crippen LogP contribution in [0.3, 0.4) is 0 Å². The number of ether oxygens (including phenoxy) is 1. The van der Waals surface area contributed by atoms with Gasteiger partial charge < -0.3 is 19.9 Å². The van der Waals surface area contributed by atoms with Gasteiger partial charge in [0, 0.05) is 38.1 Å². The van der Waals surface area contributed by atoms with Crippen LogP contribution >= 0.6 is 0 Å². The molecular formula is C19H21N3O3. The van der Waals surface area contributed by atoms with Crippen molar-refractivity contribution in [1.29, 1.82) is 0 Å². The highest BCUT2D eigenvalue weighted by Crippen LogP contribution is 2.35. The first-order valence-electron chi connectivity index (χ1n) is 8.04. The number of anilines is 3. The maximum atomic E-state index is 12.4. The highest BCUT2D eigenvalue weighted by Gasteiger charge is 2.29. The number of carbonyl (C=O) groups excluding carboxylic acids is 2. The Bertz CT molecular complexity index is 815. The molecule has 3 rings (SSSR count).